The molecule has 7 nitrogen and oxygen atoms in total. The number of ether oxygens (including phenoxy) is 2. The fourth-order valence-electron chi connectivity index (χ4n) is 2.41. The van der Waals surface area contributed by atoms with E-state index in [4.69, 9.17) is 9.47 Å². The van der Waals surface area contributed by atoms with E-state index >= 15 is 0 Å². The normalized spacial score (nSPS) is 16.0. The van der Waals surface area contributed by atoms with Crippen molar-refractivity contribution in [3.8, 4) is 0 Å². The highest BCUT2D eigenvalue weighted by molar-refractivity contribution is 5.68. The Hall–Kier alpha value is -1.50. The summed E-state index contributed by atoms with van der Waals surface area (Å²) in [4.78, 5) is 25.2. The summed E-state index contributed by atoms with van der Waals surface area (Å²) in [6.07, 6.45) is 1.78. The molecule has 0 aromatic heterocycles. The Morgan fingerprint density at radius 2 is 1.91 bits per heavy atom. The summed E-state index contributed by atoms with van der Waals surface area (Å²) >= 11 is 0. The van der Waals surface area contributed by atoms with Gasteiger partial charge in [0, 0.05) is 19.1 Å². The van der Waals surface area contributed by atoms with Crippen LogP contribution in [0.25, 0.3) is 0 Å². The van der Waals surface area contributed by atoms with Crippen LogP contribution in [0.1, 0.15) is 40.0 Å². The topological polar surface area (TPSA) is 79.9 Å². The predicted molar refractivity (Wildman–Crippen MR) is 83.9 cm³/mol. The van der Waals surface area contributed by atoms with Crippen LogP contribution in [0.2, 0.25) is 0 Å². The zero-order valence-electron chi connectivity index (χ0n) is 14.1. The molecule has 0 atom stereocenters. The Morgan fingerprint density at radius 3 is 2.45 bits per heavy atom. The highest BCUT2D eigenvalue weighted by Crippen LogP contribution is 2.13. The first kappa shape index (κ1) is 18.5. The van der Waals surface area contributed by atoms with Crippen molar-refractivity contribution in [1.82, 2.24) is 15.5 Å². The van der Waals surface area contributed by atoms with Gasteiger partial charge in [0.2, 0.25) is 0 Å². The zero-order chi connectivity index (χ0) is 16.6. The largest absolute Gasteiger partial charge is 0.453 e. The molecule has 1 aliphatic heterocycles. The van der Waals surface area contributed by atoms with Gasteiger partial charge in [-0.05, 0) is 53.1 Å². The van der Waals surface area contributed by atoms with Crippen LogP contribution >= 0.6 is 0 Å². The van der Waals surface area contributed by atoms with Crippen molar-refractivity contribution in [2.45, 2.75) is 51.7 Å². The molecule has 128 valence electrons. The Morgan fingerprint density at radius 1 is 1.27 bits per heavy atom. The summed E-state index contributed by atoms with van der Waals surface area (Å²) < 4.78 is 10.0. The third-order valence-corrected chi connectivity index (χ3v) is 3.40. The lowest BCUT2D eigenvalue weighted by Crippen LogP contribution is -2.47. The average Bonchev–Trinajstić information content (AvgIpc) is 2.45. The number of nitrogens with one attached hydrogen (secondary N) is 2. The van der Waals surface area contributed by atoms with Crippen LogP contribution in [0.4, 0.5) is 9.59 Å². The number of piperidine rings is 1. The SMILES string of the molecule is COC(=O)N(CCCNC(=O)OC(C)(C)C)C1CCNCC1. The van der Waals surface area contributed by atoms with Gasteiger partial charge in [0.1, 0.15) is 5.60 Å². The Labute approximate surface area is 132 Å². The summed E-state index contributed by atoms with van der Waals surface area (Å²) in [6, 6.07) is 0.204. The molecule has 0 aromatic rings. The van der Waals surface area contributed by atoms with Gasteiger partial charge in [-0.2, -0.15) is 0 Å². The van der Waals surface area contributed by atoms with Crippen LogP contribution in [0.5, 0.6) is 0 Å². The van der Waals surface area contributed by atoms with Crippen molar-refractivity contribution in [2.24, 2.45) is 0 Å². The van der Waals surface area contributed by atoms with E-state index in [9.17, 15) is 9.59 Å². The minimum atomic E-state index is -0.503. The number of methoxy groups -OCH3 is 1. The number of hydrogen-bond acceptors (Lipinski definition) is 5. The van der Waals surface area contributed by atoms with Gasteiger partial charge in [-0.25, -0.2) is 9.59 Å². The molecule has 0 saturated carbocycles. The van der Waals surface area contributed by atoms with E-state index in [-0.39, 0.29) is 12.1 Å². The predicted octanol–water partition coefficient (Wildman–Crippen LogP) is 1.72. The van der Waals surface area contributed by atoms with Crippen LogP contribution in [0, 0.1) is 0 Å². The third kappa shape index (κ3) is 6.98. The smallest absolute Gasteiger partial charge is 0.409 e. The summed E-state index contributed by atoms with van der Waals surface area (Å²) in [7, 11) is 1.40. The van der Waals surface area contributed by atoms with Crippen molar-refractivity contribution in [3.05, 3.63) is 0 Å². The van der Waals surface area contributed by atoms with E-state index in [2.05, 4.69) is 10.6 Å². The summed E-state index contributed by atoms with van der Waals surface area (Å²) in [6.45, 7) is 8.32. The second kappa shape index (κ2) is 8.82. The van der Waals surface area contributed by atoms with E-state index in [0.717, 1.165) is 25.9 Å². The van der Waals surface area contributed by atoms with E-state index in [1.807, 2.05) is 20.8 Å². The first-order valence-corrected chi connectivity index (χ1v) is 7.85. The van der Waals surface area contributed by atoms with Gasteiger partial charge in [-0.15, -0.1) is 0 Å². The standard InChI is InChI=1S/C15H29N3O4/c1-15(2,3)22-13(19)17-8-5-11-18(14(20)21-4)12-6-9-16-10-7-12/h12,16H,5-11H2,1-4H3,(H,17,19). The van der Waals surface area contributed by atoms with Crippen molar-refractivity contribution in [3.63, 3.8) is 0 Å². The van der Waals surface area contributed by atoms with E-state index in [1.165, 1.54) is 7.11 Å². The summed E-state index contributed by atoms with van der Waals surface area (Å²) in [5.74, 6) is 0. The molecular weight excluding hydrogens is 286 g/mol. The first-order chi connectivity index (χ1) is 10.3. The minimum Gasteiger partial charge on any atom is -0.453 e. The number of alkyl carbamates (subject to hydrolysis) is 1. The maximum atomic E-state index is 11.9. The number of nitrogens with zero attached hydrogens (tertiary/aromatic N) is 1. The van der Waals surface area contributed by atoms with Gasteiger partial charge in [-0.1, -0.05) is 0 Å². The van der Waals surface area contributed by atoms with Gasteiger partial charge >= 0.3 is 12.2 Å². The van der Waals surface area contributed by atoms with Crippen LogP contribution in [-0.2, 0) is 9.47 Å². The molecule has 2 amide bonds. The van der Waals surface area contributed by atoms with E-state index in [0.29, 0.717) is 19.5 Å². The molecule has 1 heterocycles. The number of carbonyl (C=O) groups excluding carboxylic acids is 2. The van der Waals surface area contributed by atoms with E-state index in [1.54, 1.807) is 4.90 Å². The number of hydrogen-bond donors (Lipinski definition) is 2. The monoisotopic (exact) mass is 315 g/mol. The molecule has 0 unspecified atom stereocenters. The second-order valence-corrected chi connectivity index (χ2v) is 6.43. The van der Waals surface area contributed by atoms with Crippen molar-refractivity contribution in [2.75, 3.05) is 33.3 Å². The van der Waals surface area contributed by atoms with Gasteiger partial charge in [-0.3, -0.25) is 0 Å². The third-order valence-electron chi connectivity index (χ3n) is 3.40. The fourth-order valence-corrected chi connectivity index (χ4v) is 2.41. The molecule has 7 heteroatoms. The molecule has 0 aromatic carbocycles. The first-order valence-electron chi connectivity index (χ1n) is 7.85. The Kier molecular flexibility index (Phi) is 7.44. The average molecular weight is 315 g/mol. The minimum absolute atomic E-state index is 0.204. The quantitative estimate of drug-likeness (QED) is 0.755. The second-order valence-electron chi connectivity index (χ2n) is 6.43. The molecule has 2 N–H and O–H groups in total. The Balaban J connectivity index is 2.34. The van der Waals surface area contributed by atoms with Crippen LogP contribution in [-0.4, -0.2) is 62.0 Å². The van der Waals surface area contributed by atoms with Gasteiger partial charge in [0.15, 0.2) is 0 Å². The highest BCUT2D eigenvalue weighted by Gasteiger charge is 2.25. The van der Waals surface area contributed by atoms with Gasteiger partial charge < -0.3 is 25.0 Å². The number of rotatable bonds is 5. The van der Waals surface area contributed by atoms with Crippen molar-refractivity contribution < 1.29 is 19.1 Å². The maximum Gasteiger partial charge on any atom is 0.409 e. The molecule has 1 rings (SSSR count). The van der Waals surface area contributed by atoms with Crippen LogP contribution in [0.15, 0.2) is 0 Å². The molecule has 1 saturated heterocycles. The molecule has 1 fully saturated rings. The van der Waals surface area contributed by atoms with Crippen molar-refractivity contribution in [1.29, 1.82) is 0 Å². The fraction of sp³-hybridized carbons (Fsp3) is 0.867. The van der Waals surface area contributed by atoms with Crippen molar-refractivity contribution >= 4 is 12.2 Å². The summed E-state index contributed by atoms with van der Waals surface area (Å²) in [5, 5.41) is 5.98. The molecule has 22 heavy (non-hydrogen) atoms. The molecule has 0 bridgehead atoms. The Bertz CT molecular complexity index is 362. The van der Waals surface area contributed by atoms with Crippen LogP contribution < -0.4 is 10.6 Å². The van der Waals surface area contributed by atoms with Gasteiger partial charge in [0.05, 0.1) is 7.11 Å². The molecule has 0 spiro atoms. The molecule has 1 aliphatic rings. The summed E-state index contributed by atoms with van der Waals surface area (Å²) in [5.41, 5.74) is -0.503. The molecule has 0 radical (unpaired) electrons. The number of amides is 2. The lowest BCUT2D eigenvalue weighted by Gasteiger charge is -2.33. The van der Waals surface area contributed by atoms with Gasteiger partial charge in [0.25, 0.3) is 0 Å². The lowest BCUT2D eigenvalue weighted by molar-refractivity contribution is 0.0524. The number of carbonyl (C=O) groups is 2. The van der Waals surface area contributed by atoms with Crippen LogP contribution in [0.3, 0.4) is 0 Å². The highest BCUT2D eigenvalue weighted by atomic mass is 16.6. The maximum absolute atomic E-state index is 11.9. The lowest BCUT2D eigenvalue weighted by atomic mass is 10.1. The van der Waals surface area contributed by atoms with E-state index < -0.39 is 11.7 Å². The zero-order valence-corrected chi connectivity index (χ0v) is 14.1. The molecular formula is C15H29N3O4. The molecule has 0 aliphatic carbocycles.